The van der Waals surface area contributed by atoms with Crippen molar-refractivity contribution in [3.05, 3.63) is 23.9 Å². The third kappa shape index (κ3) is 5.38. The number of aromatic nitrogens is 1. The molecular weight excluding hydrogens is 311 g/mol. The highest BCUT2D eigenvalue weighted by Gasteiger charge is 2.29. The first-order valence-corrected chi connectivity index (χ1v) is 7.53. The summed E-state index contributed by atoms with van der Waals surface area (Å²) in [6, 6.07) is 3.06. The van der Waals surface area contributed by atoms with Gasteiger partial charge in [-0.25, -0.2) is 4.98 Å². The molecular formula is C15H20F3N3O2. The van der Waals surface area contributed by atoms with Crippen molar-refractivity contribution in [3.8, 4) is 5.88 Å². The van der Waals surface area contributed by atoms with Gasteiger partial charge in [0.2, 0.25) is 5.88 Å². The number of likely N-dealkylation sites (tertiary alicyclic amines) is 1. The molecule has 0 aromatic carbocycles. The van der Waals surface area contributed by atoms with Gasteiger partial charge >= 0.3 is 6.18 Å². The van der Waals surface area contributed by atoms with Crippen molar-refractivity contribution in [3.63, 3.8) is 0 Å². The molecule has 1 atom stereocenters. The first-order chi connectivity index (χ1) is 10.9. The molecule has 1 aromatic rings. The molecule has 0 saturated carbocycles. The van der Waals surface area contributed by atoms with Gasteiger partial charge in [-0.2, -0.15) is 13.2 Å². The summed E-state index contributed by atoms with van der Waals surface area (Å²) in [7, 11) is 0. The minimum atomic E-state index is -4.48. The lowest BCUT2D eigenvalue weighted by molar-refractivity contribution is -0.154. The number of ether oxygens (including phenoxy) is 1. The van der Waals surface area contributed by atoms with Gasteiger partial charge in [0.15, 0.2) is 6.61 Å². The van der Waals surface area contributed by atoms with Gasteiger partial charge in [0, 0.05) is 18.8 Å². The SMILES string of the molecule is C[C@H](CNC(=O)c1cccnc1OCC(F)(F)F)N1CCCC1. The number of rotatable bonds is 6. The Morgan fingerprint density at radius 3 is 2.78 bits per heavy atom. The molecule has 0 aliphatic carbocycles. The second-order valence-corrected chi connectivity index (χ2v) is 5.56. The van der Waals surface area contributed by atoms with E-state index in [1.165, 1.54) is 18.3 Å². The lowest BCUT2D eigenvalue weighted by Crippen LogP contribution is -2.40. The molecule has 2 rings (SSSR count). The van der Waals surface area contributed by atoms with E-state index in [0.717, 1.165) is 25.9 Å². The first-order valence-electron chi connectivity index (χ1n) is 7.53. The lowest BCUT2D eigenvalue weighted by Gasteiger charge is -2.24. The van der Waals surface area contributed by atoms with Gasteiger partial charge in [0.05, 0.1) is 0 Å². The van der Waals surface area contributed by atoms with Gasteiger partial charge in [-0.3, -0.25) is 9.69 Å². The van der Waals surface area contributed by atoms with E-state index in [2.05, 4.69) is 19.9 Å². The van der Waals surface area contributed by atoms with Crippen LogP contribution in [0.4, 0.5) is 13.2 Å². The Morgan fingerprint density at radius 2 is 2.13 bits per heavy atom. The second kappa shape index (κ2) is 7.63. The molecule has 1 fully saturated rings. The van der Waals surface area contributed by atoms with Crippen LogP contribution in [0.15, 0.2) is 18.3 Å². The molecule has 1 aliphatic rings. The maximum atomic E-state index is 12.2. The minimum Gasteiger partial charge on any atom is -0.467 e. The molecule has 0 unspecified atom stereocenters. The Morgan fingerprint density at radius 1 is 1.43 bits per heavy atom. The Balaban J connectivity index is 1.93. The molecule has 1 aromatic heterocycles. The molecule has 5 nitrogen and oxygen atoms in total. The third-order valence-corrected chi connectivity index (χ3v) is 3.71. The molecule has 8 heteroatoms. The van der Waals surface area contributed by atoms with E-state index >= 15 is 0 Å². The molecule has 23 heavy (non-hydrogen) atoms. The zero-order valence-corrected chi connectivity index (χ0v) is 12.9. The zero-order chi connectivity index (χ0) is 16.9. The number of amides is 1. The fourth-order valence-electron chi connectivity index (χ4n) is 2.48. The van der Waals surface area contributed by atoms with Gasteiger partial charge in [-0.05, 0) is 45.0 Å². The first kappa shape index (κ1) is 17.5. The van der Waals surface area contributed by atoms with Crippen molar-refractivity contribution in [2.24, 2.45) is 0 Å². The number of pyridine rings is 1. The monoisotopic (exact) mass is 331 g/mol. The van der Waals surface area contributed by atoms with Crippen molar-refractivity contribution in [2.45, 2.75) is 32.0 Å². The highest BCUT2D eigenvalue weighted by molar-refractivity contribution is 5.96. The van der Waals surface area contributed by atoms with E-state index in [1.807, 2.05) is 6.92 Å². The summed E-state index contributed by atoms with van der Waals surface area (Å²) in [5.74, 6) is -0.794. The number of nitrogens with zero attached hydrogens (tertiary/aromatic N) is 2. The molecule has 1 aliphatic heterocycles. The van der Waals surface area contributed by atoms with Crippen LogP contribution in [-0.4, -0.2) is 54.3 Å². The molecule has 0 radical (unpaired) electrons. The molecule has 1 saturated heterocycles. The van der Waals surface area contributed by atoms with Gasteiger partial charge < -0.3 is 10.1 Å². The molecule has 0 spiro atoms. The highest BCUT2D eigenvalue weighted by atomic mass is 19.4. The average molecular weight is 331 g/mol. The Hall–Kier alpha value is -1.83. The predicted octanol–water partition coefficient (Wildman–Crippen LogP) is 2.24. The fraction of sp³-hybridized carbons (Fsp3) is 0.600. The number of hydrogen-bond acceptors (Lipinski definition) is 4. The van der Waals surface area contributed by atoms with Crippen molar-refractivity contribution >= 4 is 5.91 Å². The Kier molecular flexibility index (Phi) is 5.81. The Labute approximate surface area is 132 Å². The number of nitrogens with one attached hydrogen (secondary N) is 1. The molecule has 1 amide bonds. The molecule has 0 bridgehead atoms. The van der Waals surface area contributed by atoms with Crippen LogP contribution in [0.3, 0.4) is 0 Å². The van der Waals surface area contributed by atoms with Crippen LogP contribution in [-0.2, 0) is 0 Å². The average Bonchev–Trinajstić information content (AvgIpc) is 3.04. The highest BCUT2D eigenvalue weighted by Crippen LogP contribution is 2.20. The van der Waals surface area contributed by atoms with Crippen LogP contribution < -0.4 is 10.1 Å². The van der Waals surface area contributed by atoms with Crippen molar-refractivity contribution in [1.29, 1.82) is 0 Å². The number of hydrogen-bond donors (Lipinski definition) is 1. The lowest BCUT2D eigenvalue weighted by atomic mass is 10.2. The number of halogens is 3. The van der Waals surface area contributed by atoms with Gasteiger partial charge in [-0.1, -0.05) is 0 Å². The molecule has 2 heterocycles. The van der Waals surface area contributed by atoms with Gasteiger partial charge in [0.25, 0.3) is 5.91 Å². The quantitative estimate of drug-likeness (QED) is 0.869. The number of carbonyl (C=O) groups is 1. The summed E-state index contributed by atoms with van der Waals surface area (Å²) < 4.78 is 41.3. The summed E-state index contributed by atoms with van der Waals surface area (Å²) in [6.45, 7) is 2.96. The molecule has 1 N–H and O–H groups in total. The van der Waals surface area contributed by atoms with Crippen LogP contribution in [0.25, 0.3) is 0 Å². The Bertz CT molecular complexity index is 531. The predicted molar refractivity (Wildman–Crippen MR) is 78.4 cm³/mol. The van der Waals surface area contributed by atoms with E-state index in [4.69, 9.17) is 0 Å². The largest absolute Gasteiger partial charge is 0.467 e. The van der Waals surface area contributed by atoms with E-state index in [9.17, 15) is 18.0 Å². The summed E-state index contributed by atoms with van der Waals surface area (Å²) in [5.41, 5.74) is 0.00497. The van der Waals surface area contributed by atoms with Gasteiger partial charge in [0.1, 0.15) is 5.56 Å². The number of carbonyl (C=O) groups excluding carboxylic acids is 1. The topological polar surface area (TPSA) is 54.5 Å². The van der Waals surface area contributed by atoms with Crippen LogP contribution in [0.5, 0.6) is 5.88 Å². The van der Waals surface area contributed by atoms with Crippen molar-refractivity contribution in [2.75, 3.05) is 26.2 Å². The fourth-order valence-corrected chi connectivity index (χ4v) is 2.48. The van der Waals surface area contributed by atoms with Crippen LogP contribution in [0.1, 0.15) is 30.1 Å². The summed E-state index contributed by atoms with van der Waals surface area (Å²) in [4.78, 5) is 18.2. The van der Waals surface area contributed by atoms with Crippen LogP contribution >= 0.6 is 0 Å². The van der Waals surface area contributed by atoms with Crippen molar-refractivity contribution < 1.29 is 22.7 Å². The molecule has 128 valence electrons. The van der Waals surface area contributed by atoms with E-state index in [1.54, 1.807) is 0 Å². The van der Waals surface area contributed by atoms with E-state index in [-0.39, 0.29) is 17.5 Å². The van der Waals surface area contributed by atoms with E-state index < -0.39 is 18.7 Å². The van der Waals surface area contributed by atoms with Crippen LogP contribution in [0.2, 0.25) is 0 Å². The van der Waals surface area contributed by atoms with Gasteiger partial charge in [-0.15, -0.1) is 0 Å². The standard InChI is InChI=1S/C15H20F3N3O2/c1-11(21-7-2-3-8-21)9-20-13(22)12-5-4-6-19-14(12)23-10-15(16,17)18/h4-6,11H,2-3,7-10H2,1H3,(H,20,22)/t11-/m1/s1. The summed E-state index contributed by atoms with van der Waals surface area (Å²) >= 11 is 0. The van der Waals surface area contributed by atoms with Crippen LogP contribution in [0, 0.1) is 0 Å². The normalized spacial score (nSPS) is 17.0. The minimum absolute atomic E-state index is 0.00497. The summed E-state index contributed by atoms with van der Waals surface area (Å²) in [5, 5.41) is 2.73. The van der Waals surface area contributed by atoms with Crippen molar-refractivity contribution in [1.82, 2.24) is 15.2 Å². The number of alkyl halides is 3. The maximum absolute atomic E-state index is 12.2. The summed E-state index contributed by atoms with van der Waals surface area (Å²) in [6.07, 6.45) is -0.891. The maximum Gasteiger partial charge on any atom is 0.422 e. The van der Waals surface area contributed by atoms with E-state index in [0.29, 0.717) is 6.54 Å². The third-order valence-electron chi connectivity index (χ3n) is 3.71. The smallest absolute Gasteiger partial charge is 0.422 e. The zero-order valence-electron chi connectivity index (χ0n) is 12.9. The second-order valence-electron chi connectivity index (χ2n) is 5.56.